The highest BCUT2D eigenvalue weighted by molar-refractivity contribution is 7.80. The minimum absolute atomic E-state index is 0.240. The third kappa shape index (κ3) is 5.29. The van der Waals surface area contributed by atoms with Gasteiger partial charge in [0.25, 0.3) is 0 Å². The van der Waals surface area contributed by atoms with Gasteiger partial charge in [0.1, 0.15) is 17.6 Å². The Morgan fingerprint density at radius 2 is 1.90 bits per heavy atom. The lowest BCUT2D eigenvalue weighted by Crippen LogP contribution is -2.33. The third-order valence-electron chi connectivity index (χ3n) is 8.09. The zero-order chi connectivity index (χ0) is 28.7. The van der Waals surface area contributed by atoms with Gasteiger partial charge in [0, 0.05) is 30.5 Å². The van der Waals surface area contributed by atoms with E-state index in [0.29, 0.717) is 21.7 Å². The lowest BCUT2D eigenvalue weighted by atomic mass is 9.98. The van der Waals surface area contributed by atoms with Crippen molar-refractivity contribution in [2.45, 2.75) is 38.8 Å². The number of carbonyl (C=O) groups is 1. The van der Waals surface area contributed by atoms with Crippen molar-refractivity contribution < 1.29 is 14.3 Å². The molecule has 6 rings (SSSR count). The summed E-state index contributed by atoms with van der Waals surface area (Å²) < 4.78 is 6.49. The van der Waals surface area contributed by atoms with Crippen LogP contribution in [0.3, 0.4) is 0 Å². The van der Waals surface area contributed by atoms with Gasteiger partial charge in [-0.25, -0.2) is 4.79 Å². The van der Waals surface area contributed by atoms with E-state index in [1.54, 1.807) is 24.4 Å². The molecule has 2 aliphatic heterocycles. The number of anilines is 2. The second-order valence-corrected chi connectivity index (χ2v) is 11.6. The summed E-state index contributed by atoms with van der Waals surface area (Å²) in [6, 6.07) is 20.3. The van der Waals surface area contributed by atoms with Gasteiger partial charge in [-0.05, 0) is 98.1 Å². The van der Waals surface area contributed by atoms with Gasteiger partial charge in [0.15, 0.2) is 5.11 Å². The molecule has 0 spiro atoms. The molecule has 7 nitrogen and oxygen atoms in total. The number of furan rings is 1. The summed E-state index contributed by atoms with van der Waals surface area (Å²) in [5, 5.41) is 14.1. The van der Waals surface area contributed by atoms with Crippen molar-refractivity contribution in [1.29, 1.82) is 0 Å². The standard InChI is InChI=1S/C32H31ClN4O3S/c1-19-12-15-36(16-13-19)26-9-7-22(18-24(26)33)37-30(29(35-32(37)41)25-5-3-4-14-34-25)28-11-10-27(40-28)23-8-6-21(31(38)39)17-20(23)2/h3-11,14,17-19,29-30H,12-13,15-16H2,1-2H3,(H,35,41)(H,38,39). The highest BCUT2D eigenvalue weighted by atomic mass is 35.5. The minimum Gasteiger partial charge on any atom is -0.478 e. The van der Waals surface area contributed by atoms with Crippen LogP contribution in [-0.2, 0) is 0 Å². The fraction of sp³-hybridized carbons (Fsp3) is 0.281. The van der Waals surface area contributed by atoms with Crippen molar-refractivity contribution in [3.05, 3.63) is 101 Å². The van der Waals surface area contributed by atoms with Crippen molar-refractivity contribution in [1.82, 2.24) is 10.3 Å². The van der Waals surface area contributed by atoms with Crippen LogP contribution in [0.4, 0.5) is 11.4 Å². The molecule has 0 amide bonds. The van der Waals surface area contributed by atoms with Gasteiger partial charge in [-0.2, -0.15) is 0 Å². The van der Waals surface area contributed by atoms with Crippen molar-refractivity contribution in [2.75, 3.05) is 22.9 Å². The molecule has 2 atom stereocenters. The van der Waals surface area contributed by atoms with Crippen LogP contribution < -0.4 is 15.1 Å². The molecule has 2 aliphatic rings. The Labute approximate surface area is 249 Å². The number of aryl methyl sites for hydroxylation is 1. The average molecular weight is 587 g/mol. The summed E-state index contributed by atoms with van der Waals surface area (Å²) in [5.41, 5.74) is 4.64. The molecule has 2 aromatic heterocycles. The summed E-state index contributed by atoms with van der Waals surface area (Å²) in [7, 11) is 0. The van der Waals surface area contributed by atoms with Crippen LogP contribution in [0.15, 0.2) is 77.3 Å². The molecule has 0 saturated carbocycles. The number of rotatable bonds is 6. The van der Waals surface area contributed by atoms with Gasteiger partial charge in [-0.1, -0.05) is 30.7 Å². The predicted octanol–water partition coefficient (Wildman–Crippen LogP) is 7.42. The smallest absolute Gasteiger partial charge is 0.335 e. The molecule has 0 radical (unpaired) electrons. The number of benzene rings is 2. The number of pyridine rings is 1. The molecule has 2 fully saturated rings. The number of halogens is 1. The zero-order valence-electron chi connectivity index (χ0n) is 22.9. The zero-order valence-corrected chi connectivity index (χ0v) is 24.5. The van der Waals surface area contributed by atoms with Gasteiger partial charge < -0.3 is 24.6 Å². The molecular formula is C32H31ClN4O3S. The molecule has 2 unspecified atom stereocenters. The number of aromatic nitrogens is 1. The summed E-state index contributed by atoms with van der Waals surface area (Å²) in [6.45, 7) is 6.17. The van der Waals surface area contributed by atoms with E-state index in [4.69, 9.17) is 28.2 Å². The van der Waals surface area contributed by atoms with E-state index < -0.39 is 5.97 Å². The number of carboxylic acid groups (broad SMARTS) is 1. The molecule has 4 aromatic rings. The van der Waals surface area contributed by atoms with E-state index in [0.717, 1.165) is 60.0 Å². The largest absolute Gasteiger partial charge is 0.478 e. The lowest BCUT2D eigenvalue weighted by Gasteiger charge is -2.33. The number of nitrogens with one attached hydrogen (secondary N) is 1. The average Bonchev–Trinajstić information content (AvgIpc) is 3.58. The highest BCUT2D eigenvalue weighted by Crippen LogP contribution is 2.44. The van der Waals surface area contributed by atoms with E-state index >= 15 is 0 Å². The molecule has 9 heteroatoms. The SMILES string of the molecule is Cc1cc(C(=O)O)ccc1-c1ccc(C2C(c3ccccn3)NC(=S)N2c2ccc(N3CCC(C)CC3)c(Cl)c2)o1. The number of hydrogen-bond donors (Lipinski definition) is 2. The van der Waals surface area contributed by atoms with Gasteiger partial charge in [0.2, 0.25) is 0 Å². The van der Waals surface area contributed by atoms with Crippen LogP contribution in [0.5, 0.6) is 0 Å². The van der Waals surface area contributed by atoms with Gasteiger partial charge in [-0.15, -0.1) is 0 Å². The molecule has 0 bridgehead atoms. The quantitative estimate of drug-likeness (QED) is 0.226. The van der Waals surface area contributed by atoms with Crippen LogP contribution in [0.1, 0.15) is 59.2 Å². The number of nitrogens with zero attached hydrogens (tertiary/aromatic N) is 3. The first-order chi connectivity index (χ1) is 19.8. The van der Waals surface area contributed by atoms with Crippen LogP contribution in [0.2, 0.25) is 5.02 Å². The van der Waals surface area contributed by atoms with Gasteiger partial charge in [0.05, 0.1) is 28.0 Å². The number of aromatic carboxylic acids is 1. The monoisotopic (exact) mass is 586 g/mol. The second kappa shape index (κ2) is 11.2. The molecule has 0 aliphatic carbocycles. The Morgan fingerprint density at radius 3 is 2.59 bits per heavy atom. The maximum atomic E-state index is 11.4. The fourth-order valence-electron chi connectivity index (χ4n) is 5.80. The topological polar surface area (TPSA) is 81.8 Å². The fourth-order valence-corrected chi connectivity index (χ4v) is 6.44. The maximum absolute atomic E-state index is 11.4. The molecule has 41 heavy (non-hydrogen) atoms. The Kier molecular flexibility index (Phi) is 7.45. The molecular weight excluding hydrogens is 556 g/mol. The summed E-state index contributed by atoms with van der Waals surface area (Å²) in [4.78, 5) is 20.5. The maximum Gasteiger partial charge on any atom is 0.335 e. The van der Waals surface area contributed by atoms with Crippen molar-refractivity contribution in [2.24, 2.45) is 5.92 Å². The van der Waals surface area contributed by atoms with E-state index in [2.05, 4.69) is 34.3 Å². The molecule has 2 N–H and O–H groups in total. The van der Waals surface area contributed by atoms with Crippen LogP contribution in [-0.4, -0.2) is 34.3 Å². The number of thiocarbonyl (C=S) groups is 1. The van der Waals surface area contributed by atoms with Crippen molar-refractivity contribution in [3.63, 3.8) is 0 Å². The second-order valence-electron chi connectivity index (χ2n) is 10.8. The first kappa shape index (κ1) is 27.3. The van der Waals surface area contributed by atoms with Gasteiger partial charge >= 0.3 is 5.97 Å². The van der Waals surface area contributed by atoms with E-state index in [9.17, 15) is 9.90 Å². The van der Waals surface area contributed by atoms with E-state index in [1.165, 1.54) is 0 Å². The Morgan fingerprint density at radius 1 is 1.10 bits per heavy atom. The summed E-state index contributed by atoms with van der Waals surface area (Å²) in [5.74, 6) is 1.13. The molecule has 210 valence electrons. The van der Waals surface area contributed by atoms with Crippen LogP contribution >= 0.6 is 23.8 Å². The normalized spacial score (nSPS) is 19.4. The first-order valence-corrected chi connectivity index (χ1v) is 14.6. The molecule has 2 saturated heterocycles. The lowest BCUT2D eigenvalue weighted by molar-refractivity contribution is 0.0696. The number of hydrogen-bond acceptors (Lipinski definition) is 5. The number of carboxylic acids is 1. The summed E-state index contributed by atoms with van der Waals surface area (Å²) in [6.07, 6.45) is 4.09. The highest BCUT2D eigenvalue weighted by Gasteiger charge is 2.43. The number of piperidine rings is 1. The van der Waals surface area contributed by atoms with E-state index in [-0.39, 0.29) is 17.6 Å². The Bertz CT molecular complexity index is 1600. The molecule has 4 heterocycles. The Balaban J connectivity index is 1.38. The predicted molar refractivity (Wildman–Crippen MR) is 166 cm³/mol. The van der Waals surface area contributed by atoms with E-state index in [1.807, 2.05) is 48.2 Å². The first-order valence-electron chi connectivity index (χ1n) is 13.8. The van der Waals surface area contributed by atoms with Crippen LogP contribution in [0, 0.1) is 12.8 Å². The minimum atomic E-state index is -0.960. The van der Waals surface area contributed by atoms with Crippen LogP contribution in [0.25, 0.3) is 11.3 Å². The Hall–Kier alpha value is -3.88. The molecule has 2 aromatic carbocycles. The summed E-state index contributed by atoms with van der Waals surface area (Å²) >= 11 is 12.8. The van der Waals surface area contributed by atoms with Crippen molar-refractivity contribution >= 4 is 46.3 Å². The van der Waals surface area contributed by atoms with Crippen molar-refractivity contribution in [3.8, 4) is 11.3 Å². The third-order valence-corrected chi connectivity index (χ3v) is 8.71. The van der Waals surface area contributed by atoms with Gasteiger partial charge in [-0.3, -0.25) is 4.98 Å².